The van der Waals surface area contributed by atoms with Gasteiger partial charge < -0.3 is 15.3 Å². The smallest absolute Gasteiger partial charge is 0.323 e. The number of rotatable bonds is 2. The summed E-state index contributed by atoms with van der Waals surface area (Å²) in [6.45, 7) is 1.27. The first kappa shape index (κ1) is 9.45. The van der Waals surface area contributed by atoms with E-state index >= 15 is 0 Å². The zero-order valence-corrected chi connectivity index (χ0v) is 7.95. The van der Waals surface area contributed by atoms with E-state index in [2.05, 4.69) is 5.32 Å². The summed E-state index contributed by atoms with van der Waals surface area (Å²) in [5.74, 6) is -0.967. The molecular formula is C9H14N2O3. The first-order valence-electron chi connectivity index (χ1n) is 4.90. The third-order valence-electron chi connectivity index (χ3n) is 3.07. The standard InChI is InChI=1S/C9H14N2O3/c12-7(13)6-11-5-3-9(8(11)14)2-1-4-10-9/h10H,1-6H2,(H,12,13)/t9-/m0/s1. The maximum absolute atomic E-state index is 11.9. The number of likely N-dealkylation sites (tertiary alicyclic amines) is 1. The van der Waals surface area contributed by atoms with Crippen molar-refractivity contribution in [2.75, 3.05) is 19.6 Å². The molecule has 2 fully saturated rings. The molecular weight excluding hydrogens is 184 g/mol. The number of carboxylic acids is 1. The van der Waals surface area contributed by atoms with Crippen LogP contribution in [0.3, 0.4) is 0 Å². The zero-order valence-electron chi connectivity index (χ0n) is 7.95. The minimum absolute atomic E-state index is 0.0302. The number of aliphatic carboxylic acids is 1. The lowest BCUT2D eigenvalue weighted by atomic mass is 9.96. The molecule has 1 amide bonds. The third kappa shape index (κ3) is 1.37. The van der Waals surface area contributed by atoms with Gasteiger partial charge in [-0.25, -0.2) is 0 Å². The summed E-state index contributed by atoms with van der Waals surface area (Å²) < 4.78 is 0. The molecule has 2 N–H and O–H groups in total. The highest BCUT2D eigenvalue weighted by Gasteiger charge is 2.48. The second kappa shape index (κ2) is 3.24. The van der Waals surface area contributed by atoms with E-state index in [9.17, 15) is 9.59 Å². The van der Waals surface area contributed by atoms with E-state index in [0.717, 1.165) is 25.8 Å². The molecule has 0 saturated carbocycles. The van der Waals surface area contributed by atoms with Crippen molar-refractivity contribution in [3.8, 4) is 0 Å². The first-order valence-corrected chi connectivity index (χ1v) is 4.90. The molecule has 0 aliphatic carbocycles. The van der Waals surface area contributed by atoms with E-state index in [1.165, 1.54) is 4.90 Å². The fourth-order valence-corrected chi connectivity index (χ4v) is 2.35. The Morgan fingerprint density at radius 2 is 2.36 bits per heavy atom. The van der Waals surface area contributed by atoms with Crippen LogP contribution >= 0.6 is 0 Å². The minimum Gasteiger partial charge on any atom is -0.480 e. The quantitative estimate of drug-likeness (QED) is 0.623. The molecule has 14 heavy (non-hydrogen) atoms. The van der Waals surface area contributed by atoms with Crippen LogP contribution in [0.4, 0.5) is 0 Å². The fraction of sp³-hybridized carbons (Fsp3) is 0.778. The molecule has 0 aromatic heterocycles. The number of amides is 1. The van der Waals surface area contributed by atoms with Crippen LogP contribution < -0.4 is 5.32 Å². The molecule has 1 spiro atoms. The van der Waals surface area contributed by atoms with Gasteiger partial charge in [0.2, 0.25) is 5.91 Å². The van der Waals surface area contributed by atoms with Crippen LogP contribution in [0, 0.1) is 0 Å². The van der Waals surface area contributed by atoms with Crippen LogP contribution in [0.2, 0.25) is 0 Å². The Bertz CT molecular complexity index is 271. The fourth-order valence-electron chi connectivity index (χ4n) is 2.35. The van der Waals surface area contributed by atoms with Crippen LogP contribution in [0.1, 0.15) is 19.3 Å². The largest absolute Gasteiger partial charge is 0.480 e. The van der Waals surface area contributed by atoms with Gasteiger partial charge >= 0.3 is 5.97 Å². The third-order valence-corrected chi connectivity index (χ3v) is 3.07. The number of hydrogen-bond acceptors (Lipinski definition) is 3. The van der Waals surface area contributed by atoms with Crippen molar-refractivity contribution in [1.82, 2.24) is 10.2 Å². The number of carbonyl (C=O) groups is 2. The van der Waals surface area contributed by atoms with Crippen molar-refractivity contribution in [3.63, 3.8) is 0 Å². The predicted octanol–water partition coefficient (Wildman–Crippen LogP) is -0.575. The Labute approximate surface area is 82.1 Å². The van der Waals surface area contributed by atoms with Crippen molar-refractivity contribution in [3.05, 3.63) is 0 Å². The highest BCUT2D eigenvalue weighted by atomic mass is 16.4. The van der Waals surface area contributed by atoms with Crippen molar-refractivity contribution in [2.45, 2.75) is 24.8 Å². The van der Waals surface area contributed by atoms with E-state index in [1.54, 1.807) is 0 Å². The lowest BCUT2D eigenvalue weighted by Crippen LogP contribution is -2.48. The number of nitrogens with zero attached hydrogens (tertiary/aromatic N) is 1. The first-order chi connectivity index (χ1) is 6.64. The van der Waals surface area contributed by atoms with Crippen molar-refractivity contribution < 1.29 is 14.7 Å². The van der Waals surface area contributed by atoms with E-state index in [4.69, 9.17) is 5.11 Å². The molecule has 5 heteroatoms. The van der Waals surface area contributed by atoms with Crippen LogP contribution in [0.5, 0.6) is 0 Å². The van der Waals surface area contributed by atoms with Gasteiger partial charge in [-0.3, -0.25) is 9.59 Å². The molecule has 1 atom stereocenters. The molecule has 2 aliphatic rings. The molecule has 0 aromatic carbocycles. The highest BCUT2D eigenvalue weighted by molar-refractivity contribution is 5.91. The minimum atomic E-state index is -0.937. The van der Waals surface area contributed by atoms with Crippen molar-refractivity contribution in [1.29, 1.82) is 0 Å². The molecule has 0 unspecified atom stereocenters. The van der Waals surface area contributed by atoms with Gasteiger partial charge in [-0.15, -0.1) is 0 Å². The highest BCUT2D eigenvalue weighted by Crippen LogP contribution is 2.30. The average Bonchev–Trinajstić information content (AvgIpc) is 2.69. The second-order valence-corrected chi connectivity index (χ2v) is 3.98. The predicted molar refractivity (Wildman–Crippen MR) is 48.8 cm³/mol. The summed E-state index contributed by atoms with van der Waals surface area (Å²) in [6, 6.07) is 0. The molecule has 0 aromatic rings. The van der Waals surface area contributed by atoms with Gasteiger partial charge in [0, 0.05) is 6.54 Å². The molecule has 2 heterocycles. The summed E-state index contributed by atoms with van der Waals surface area (Å²) in [4.78, 5) is 23.8. The lowest BCUT2D eigenvalue weighted by molar-refractivity contribution is -0.144. The second-order valence-electron chi connectivity index (χ2n) is 3.98. The number of hydrogen-bond donors (Lipinski definition) is 2. The summed E-state index contributed by atoms with van der Waals surface area (Å²) in [7, 11) is 0. The number of nitrogens with one attached hydrogen (secondary N) is 1. The van der Waals surface area contributed by atoms with Crippen molar-refractivity contribution >= 4 is 11.9 Å². The van der Waals surface area contributed by atoms with E-state index < -0.39 is 11.5 Å². The van der Waals surface area contributed by atoms with E-state index in [1.807, 2.05) is 0 Å². The molecule has 5 nitrogen and oxygen atoms in total. The summed E-state index contributed by atoms with van der Waals surface area (Å²) in [6.07, 6.45) is 2.60. The summed E-state index contributed by atoms with van der Waals surface area (Å²) >= 11 is 0. The lowest BCUT2D eigenvalue weighted by Gasteiger charge is -2.21. The molecule has 2 aliphatic heterocycles. The SMILES string of the molecule is O=C(O)CN1CC[C@@]2(CCCN2)C1=O. The molecule has 78 valence electrons. The average molecular weight is 198 g/mol. The Morgan fingerprint density at radius 3 is 2.93 bits per heavy atom. The van der Waals surface area contributed by atoms with E-state index in [-0.39, 0.29) is 12.5 Å². The van der Waals surface area contributed by atoms with Gasteiger partial charge in [0.15, 0.2) is 0 Å². The number of carbonyl (C=O) groups excluding carboxylic acids is 1. The van der Waals surface area contributed by atoms with Crippen LogP contribution in [-0.2, 0) is 9.59 Å². The van der Waals surface area contributed by atoms with Crippen LogP contribution in [-0.4, -0.2) is 47.1 Å². The Kier molecular flexibility index (Phi) is 2.19. The van der Waals surface area contributed by atoms with Gasteiger partial charge in [0.25, 0.3) is 0 Å². The maximum atomic E-state index is 11.9. The zero-order chi connectivity index (χ0) is 10.2. The number of carboxylic acid groups (broad SMARTS) is 1. The normalized spacial score (nSPS) is 31.7. The Hall–Kier alpha value is -1.10. The Balaban J connectivity index is 2.06. The molecule has 0 bridgehead atoms. The van der Waals surface area contributed by atoms with E-state index in [0.29, 0.717) is 6.54 Å². The van der Waals surface area contributed by atoms with Gasteiger partial charge in [-0.2, -0.15) is 0 Å². The monoisotopic (exact) mass is 198 g/mol. The maximum Gasteiger partial charge on any atom is 0.323 e. The topological polar surface area (TPSA) is 69.6 Å². The summed E-state index contributed by atoms with van der Waals surface area (Å²) in [5, 5.41) is 11.8. The van der Waals surface area contributed by atoms with Gasteiger partial charge in [-0.1, -0.05) is 0 Å². The van der Waals surface area contributed by atoms with Gasteiger partial charge in [0.05, 0.1) is 5.54 Å². The molecule has 0 radical (unpaired) electrons. The summed E-state index contributed by atoms with van der Waals surface area (Å²) in [5.41, 5.74) is -0.421. The molecule has 2 saturated heterocycles. The van der Waals surface area contributed by atoms with Crippen LogP contribution in [0.25, 0.3) is 0 Å². The van der Waals surface area contributed by atoms with Crippen LogP contribution in [0.15, 0.2) is 0 Å². The van der Waals surface area contributed by atoms with Crippen molar-refractivity contribution in [2.24, 2.45) is 0 Å². The Morgan fingerprint density at radius 1 is 1.57 bits per heavy atom. The van der Waals surface area contributed by atoms with Gasteiger partial charge in [0.1, 0.15) is 6.54 Å². The molecule has 2 rings (SSSR count). The van der Waals surface area contributed by atoms with Gasteiger partial charge in [-0.05, 0) is 25.8 Å².